The lowest BCUT2D eigenvalue weighted by Gasteiger charge is -2.09. The minimum Gasteiger partial charge on any atom is -0.497 e. The van der Waals surface area contributed by atoms with Gasteiger partial charge in [-0.15, -0.1) is 0 Å². The fraction of sp³-hybridized carbons (Fsp3) is 0.250. The van der Waals surface area contributed by atoms with Crippen molar-refractivity contribution in [2.24, 2.45) is 0 Å². The van der Waals surface area contributed by atoms with Gasteiger partial charge in [-0.1, -0.05) is 30.4 Å². The number of methoxy groups -OCH3 is 3. The van der Waals surface area contributed by atoms with Gasteiger partial charge in [-0.05, 0) is 47.4 Å². The summed E-state index contributed by atoms with van der Waals surface area (Å²) in [6, 6.07) is 13.7. The van der Waals surface area contributed by atoms with Gasteiger partial charge in [0.05, 0.1) is 21.3 Å². The molecule has 25 heavy (non-hydrogen) atoms. The molecule has 0 radical (unpaired) electrons. The molecule has 0 saturated heterocycles. The molecule has 0 aliphatic rings. The maximum Gasteiger partial charge on any atom is 0.406 e. The quantitative estimate of drug-likeness (QED) is 0.779. The number of hydrogen-bond donors (Lipinski definition) is 1. The molecule has 0 heterocycles. The number of hydrogen-bond acceptors (Lipinski definition) is 4. The van der Waals surface area contributed by atoms with Gasteiger partial charge in [0.1, 0.15) is 11.5 Å². The van der Waals surface area contributed by atoms with E-state index in [-0.39, 0.29) is 0 Å². The highest BCUT2D eigenvalue weighted by molar-refractivity contribution is 5.72. The zero-order chi connectivity index (χ0) is 18.1. The van der Waals surface area contributed by atoms with Crippen molar-refractivity contribution in [2.45, 2.75) is 6.42 Å². The van der Waals surface area contributed by atoms with E-state index in [9.17, 15) is 4.79 Å². The molecule has 5 nitrogen and oxygen atoms in total. The molecule has 0 unspecified atom stereocenters. The molecule has 2 rings (SSSR count). The van der Waals surface area contributed by atoms with Crippen LogP contribution in [0.1, 0.15) is 16.7 Å². The minimum atomic E-state index is -0.427. The maximum atomic E-state index is 11.2. The number of rotatable bonds is 7. The molecule has 0 fully saturated rings. The summed E-state index contributed by atoms with van der Waals surface area (Å²) in [5.74, 6) is 1.62. The predicted octanol–water partition coefficient (Wildman–Crippen LogP) is 3.77. The van der Waals surface area contributed by atoms with Crippen LogP contribution in [0.25, 0.3) is 12.2 Å². The van der Waals surface area contributed by atoms with Crippen LogP contribution in [0.4, 0.5) is 4.79 Å². The summed E-state index contributed by atoms with van der Waals surface area (Å²) in [6.07, 6.45) is 4.34. The van der Waals surface area contributed by atoms with Crippen molar-refractivity contribution < 1.29 is 19.0 Å². The van der Waals surface area contributed by atoms with Crippen molar-refractivity contribution in [1.29, 1.82) is 0 Å². The molecule has 0 spiro atoms. The van der Waals surface area contributed by atoms with Crippen LogP contribution in [-0.2, 0) is 11.2 Å². The van der Waals surface area contributed by atoms with Gasteiger partial charge >= 0.3 is 6.09 Å². The zero-order valence-corrected chi connectivity index (χ0v) is 14.7. The monoisotopic (exact) mass is 341 g/mol. The Morgan fingerprint density at radius 1 is 0.960 bits per heavy atom. The first-order valence-corrected chi connectivity index (χ1v) is 7.97. The van der Waals surface area contributed by atoms with E-state index in [0.29, 0.717) is 13.0 Å². The summed E-state index contributed by atoms with van der Waals surface area (Å²) in [6.45, 7) is 0.502. The lowest BCUT2D eigenvalue weighted by Crippen LogP contribution is -2.25. The van der Waals surface area contributed by atoms with Gasteiger partial charge in [0.25, 0.3) is 0 Å². The third kappa shape index (κ3) is 5.57. The van der Waals surface area contributed by atoms with E-state index in [1.807, 2.05) is 54.6 Å². The van der Waals surface area contributed by atoms with Crippen LogP contribution >= 0.6 is 0 Å². The topological polar surface area (TPSA) is 56.8 Å². The molecular weight excluding hydrogens is 318 g/mol. The van der Waals surface area contributed by atoms with Crippen LogP contribution in [0.5, 0.6) is 11.5 Å². The number of carbonyl (C=O) groups excluding carboxylic acids is 1. The van der Waals surface area contributed by atoms with E-state index in [4.69, 9.17) is 9.47 Å². The molecule has 0 aromatic heterocycles. The van der Waals surface area contributed by atoms with Gasteiger partial charge < -0.3 is 19.5 Å². The van der Waals surface area contributed by atoms with Crippen molar-refractivity contribution in [3.8, 4) is 11.5 Å². The van der Waals surface area contributed by atoms with E-state index in [1.165, 1.54) is 7.11 Å². The van der Waals surface area contributed by atoms with Gasteiger partial charge in [-0.3, -0.25) is 0 Å². The number of amides is 1. The van der Waals surface area contributed by atoms with Crippen molar-refractivity contribution in [3.05, 3.63) is 59.2 Å². The second-order valence-corrected chi connectivity index (χ2v) is 5.34. The first-order valence-electron chi connectivity index (χ1n) is 7.97. The van der Waals surface area contributed by atoms with Crippen LogP contribution in [-0.4, -0.2) is 34.0 Å². The Morgan fingerprint density at radius 2 is 1.64 bits per heavy atom. The van der Waals surface area contributed by atoms with Gasteiger partial charge in [0.2, 0.25) is 0 Å². The molecule has 1 N–H and O–H groups in total. The first-order chi connectivity index (χ1) is 12.2. The molecule has 0 atom stereocenters. The van der Waals surface area contributed by atoms with E-state index < -0.39 is 6.09 Å². The predicted molar refractivity (Wildman–Crippen MR) is 99.0 cm³/mol. The van der Waals surface area contributed by atoms with Gasteiger partial charge in [-0.2, -0.15) is 0 Å². The summed E-state index contributed by atoms with van der Waals surface area (Å²) < 4.78 is 15.1. The Morgan fingerprint density at radius 3 is 2.28 bits per heavy atom. The lowest BCUT2D eigenvalue weighted by atomic mass is 10.0. The fourth-order valence-electron chi connectivity index (χ4n) is 2.36. The number of nitrogens with one attached hydrogen (secondary N) is 1. The normalized spacial score (nSPS) is 10.5. The molecule has 132 valence electrons. The van der Waals surface area contributed by atoms with Gasteiger partial charge in [-0.25, -0.2) is 4.79 Å². The molecule has 2 aromatic carbocycles. The SMILES string of the molecule is COC(=O)NCCc1ccc(OC)cc1C=Cc1ccc(OC)cc1. The smallest absolute Gasteiger partial charge is 0.406 e. The largest absolute Gasteiger partial charge is 0.497 e. The molecule has 0 saturated carbocycles. The third-order valence-electron chi connectivity index (χ3n) is 3.77. The van der Waals surface area contributed by atoms with Gasteiger partial charge in [0.15, 0.2) is 0 Å². The third-order valence-corrected chi connectivity index (χ3v) is 3.77. The molecule has 1 amide bonds. The summed E-state index contributed by atoms with van der Waals surface area (Å²) in [7, 11) is 4.65. The number of alkyl carbamates (subject to hydrolysis) is 1. The van der Waals surface area contributed by atoms with Crippen molar-refractivity contribution in [1.82, 2.24) is 5.32 Å². The molecule has 0 aliphatic carbocycles. The fourth-order valence-corrected chi connectivity index (χ4v) is 2.36. The standard InChI is InChI=1S/C20H23NO4/c1-23-18-9-5-15(6-10-18)4-7-17-14-19(24-2)11-8-16(17)12-13-21-20(22)25-3/h4-11,14H,12-13H2,1-3H3,(H,21,22). The Balaban J connectivity index is 2.15. The minimum absolute atomic E-state index is 0.427. The van der Waals surface area contributed by atoms with E-state index >= 15 is 0 Å². The second-order valence-electron chi connectivity index (χ2n) is 5.34. The molecule has 5 heteroatoms. The molecular formula is C20H23NO4. The van der Waals surface area contributed by atoms with Crippen LogP contribution < -0.4 is 14.8 Å². The van der Waals surface area contributed by atoms with Crippen LogP contribution in [0.2, 0.25) is 0 Å². The van der Waals surface area contributed by atoms with Crippen molar-refractivity contribution in [2.75, 3.05) is 27.9 Å². The molecule has 0 bridgehead atoms. The molecule has 2 aromatic rings. The number of benzene rings is 2. The Kier molecular flexibility index (Phi) is 6.89. The molecule has 0 aliphatic heterocycles. The Hall–Kier alpha value is -2.95. The average molecular weight is 341 g/mol. The van der Waals surface area contributed by atoms with E-state index in [2.05, 4.69) is 10.1 Å². The summed E-state index contributed by atoms with van der Waals surface area (Å²) >= 11 is 0. The highest BCUT2D eigenvalue weighted by Crippen LogP contribution is 2.21. The summed E-state index contributed by atoms with van der Waals surface area (Å²) in [5.41, 5.74) is 3.23. The first kappa shape index (κ1) is 18.4. The van der Waals surface area contributed by atoms with Crippen LogP contribution in [0, 0.1) is 0 Å². The number of ether oxygens (including phenoxy) is 3. The summed E-state index contributed by atoms with van der Waals surface area (Å²) in [4.78, 5) is 11.2. The summed E-state index contributed by atoms with van der Waals surface area (Å²) in [5, 5.41) is 2.69. The highest BCUT2D eigenvalue weighted by Gasteiger charge is 2.04. The van der Waals surface area contributed by atoms with Gasteiger partial charge in [0, 0.05) is 6.54 Å². The zero-order valence-electron chi connectivity index (χ0n) is 14.7. The van der Waals surface area contributed by atoms with Crippen molar-refractivity contribution in [3.63, 3.8) is 0 Å². The second kappa shape index (κ2) is 9.37. The highest BCUT2D eigenvalue weighted by atomic mass is 16.5. The van der Waals surface area contributed by atoms with E-state index in [1.54, 1.807) is 14.2 Å². The van der Waals surface area contributed by atoms with Crippen molar-refractivity contribution >= 4 is 18.2 Å². The Labute approximate surface area is 148 Å². The Bertz CT molecular complexity index is 723. The van der Waals surface area contributed by atoms with Crippen LogP contribution in [0.15, 0.2) is 42.5 Å². The number of carbonyl (C=O) groups is 1. The maximum absolute atomic E-state index is 11.2. The lowest BCUT2D eigenvalue weighted by molar-refractivity contribution is 0.171. The average Bonchev–Trinajstić information content (AvgIpc) is 2.67. The van der Waals surface area contributed by atoms with E-state index in [0.717, 1.165) is 28.2 Å². The van der Waals surface area contributed by atoms with Crippen LogP contribution in [0.3, 0.4) is 0 Å².